The summed E-state index contributed by atoms with van der Waals surface area (Å²) in [6, 6.07) is 6.96. The predicted molar refractivity (Wildman–Crippen MR) is 87.0 cm³/mol. The van der Waals surface area contributed by atoms with Crippen LogP contribution in [0.4, 0.5) is 0 Å². The van der Waals surface area contributed by atoms with Crippen molar-refractivity contribution in [3.05, 3.63) is 46.2 Å². The van der Waals surface area contributed by atoms with Gasteiger partial charge in [-0.15, -0.1) is 0 Å². The molecule has 0 radical (unpaired) electrons. The van der Waals surface area contributed by atoms with Gasteiger partial charge < -0.3 is 9.47 Å². The molecule has 0 saturated heterocycles. The standard InChI is InChI=1S/C15H19NO4S2/c1-11-4-5-13(19-2)15(8-11)22(17,18)16-9-14(20-3)12-6-7-21-10-12/h4-8,10,14,16H,9H2,1-3H3/t14-/m0/s1. The average molecular weight is 341 g/mol. The maximum atomic E-state index is 12.5. The number of sulfonamides is 1. The molecule has 0 unspecified atom stereocenters. The molecule has 0 spiro atoms. The van der Waals surface area contributed by atoms with E-state index in [1.54, 1.807) is 36.6 Å². The SMILES string of the molecule is COc1ccc(C)cc1S(=O)(=O)NC[C@H](OC)c1ccsc1. The van der Waals surface area contributed by atoms with Crippen LogP contribution in [0.2, 0.25) is 0 Å². The van der Waals surface area contributed by atoms with Crippen molar-refractivity contribution in [2.75, 3.05) is 20.8 Å². The second kappa shape index (κ2) is 7.23. The number of rotatable bonds is 7. The predicted octanol–water partition coefficient (Wildman–Crippen LogP) is 2.73. The molecular weight excluding hydrogens is 322 g/mol. The number of hydrogen-bond donors (Lipinski definition) is 1. The van der Waals surface area contributed by atoms with E-state index in [0.29, 0.717) is 5.75 Å². The Morgan fingerprint density at radius 2 is 2.05 bits per heavy atom. The Balaban J connectivity index is 2.19. The highest BCUT2D eigenvalue weighted by molar-refractivity contribution is 7.89. The summed E-state index contributed by atoms with van der Waals surface area (Å²) in [5.74, 6) is 0.322. The van der Waals surface area contributed by atoms with Gasteiger partial charge in [0.2, 0.25) is 10.0 Å². The zero-order chi connectivity index (χ0) is 16.2. The van der Waals surface area contributed by atoms with E-state index < -0.39 is 10.0 Å². The van der Waals surface area contributed by atoms with Crippen LogP contribution in [0.5, 0.6) is 5.75 Å². The van der Waals surface area contributed by atoms with Crippen molar-refractivity contribution in [1.29, 1.82) is 0 Å². The summed E-state index contributed by atoms with van der Waals surface area (Å²) in [7, 11) is -0.663. The number of ether oxygens (including phenoxy) is 2. The molecule has 7 heteroatoms. The van der Waals surface area contributed by atoms with Gasteiger partial charge in [0.25, 0.3) is 0 Å². The molecule has 1 aromatic heterocycles. The van der Waals surface area contributed by atoms with Gasteiger partial charge >= 0.3 is 0 Å². The summed E-state index contributed by atoms with van der Waals surface area (Å²) in [6.45, 7) is 1.99. The number of methoxy groups -OCH3 is 2. The second-order valence-electron chi connectivity index (χ2n) is 4.79. The molecule has 5 nitrogen and oxygen atoms in total. The first-order valence-electron chi connectivity index (χ1n) is 6.67. The van der Waals surface area contributed by atoms with Gasteiger partial charge in [0, 0.05) is 13.7 Å². The summed E-state index contributed by atoms with van der Waals surface area (Å²) >= 11 is 1.54. The smallest absolute Gasteiger partial charge is 0.244 e. The highest BCUT2D eigenvalue weighted by atomic mass is 32.2. The van der Waals surface area contributed by atoms with Crippen LogP contribution in [0.15, 0.2) is 39.9 Å². The fourth-order valence-electron chi connectivity index (χ4n) is 2.05. The molecule has 2 aromatic rings. The highest BCUT2D eigenvalue weighted by Gasteiger charge is 2.22. The summed E-state index contributed by atoms with van der Waals surface area (Å²) in [6.07, 6.45) is -0.322. The third-order valence-corrected chi connectivity index (χ3v) is 5.41. The molecular formula is C15H19NO4S2. The van der Waals surface area contributed by atoms with Crippen molar-refractivity contribution in [2.45, 2.75) is 17.9 Å². The van der Waals surface area contributed by atoms with Gasteiger partial charge in [-0.2, -0.15) is 11.3 Å². The van der Waals surface area contributed by atoms with E-state index in [4.69, 9.17) is 9.47 Å². The summed E-state index contributed by atoms with van der Waals surface area (Å²) in [5.41, 5.74) is 1.80. The molecule has 0 aliphatic heterocycles. The van der Waals surface area contributed by atoms with Crippen molar-refractivity contribution in [3.8, 4) is 5.75 Å². The Hall–Kier alpha value is -1.41. The molecule has 2 rings (SSSR count). The summed E-state index contributed by atoms with van der Waals surface area (Å²) in [5, 5.41) is 3.87. The lowest BCUT2D eigenvalue weighted by Crippen LogP contribution is -2.29. The molecule has 0 bridgehead atoms. The lowest BCUT2D eigenvalue weighted by Gasteiger charge is -2.16. The van der Waals surface area contributed by atoms with E-state index in [9.17, 15) is 8.42 Å². The zero-order valence-corrected chi connectivity index (χ0v) is 14.3. The van der Waals surface area contributed by atoms with Gasteiger partial charge in [0.05, 0.1) is 13.2 Å². The second-order valence-corrected chi connectivity index (χ2v) is 7.30. The molecule has 120 valence electrons. The fraction of sp³-hybridized carbons (Fsp3) is 0.333. The minimum absolute atomic E-state index is 0.134. The van der Waals surface area contributed by atoms with Crippen LogP contribution in [-0.2, 0) is 14.8 Å². The molecule has 1 atom stereocenters. The van der Waals surface area contributed by atoms with Crippen LogP contribution in [0.25, 0.3) is 0 Å². The molecule has 22 heavy (non-hydrogen) atoms. The van der Waals surface area contributed by atoms with Gasteiger partial charge in [-0.1, -0.05) is 6.07 Å². The zero-order valence-electron chi connectivity index (χ0n) is 12.7. The topological polar surface area (TPSA) is 64.6 Å². The maximum absolute atomic E-state index is 12.5. The first-order chi connectivity index (χ1) is 10.5. The third-order valence-electron chi connectivity index (χ3n) is 3.27. The van der Waals surface area contributed by atoms with Gasteiger partial charge in [-0.3, -0.25) is 0 Å². The van der Waals surface area contributed by atoms with E-state index >= 15 is 0 Å². The van der Waals surface area contributed by atoms with Gasteiger partial charge in [0.15, 0.2) is 0 Å². The lowest BCUT2D eigenvalue weighted by atomic mass is 10.2. The number of aryl methyl sites for hydroxylation is 1. The van der Waals surface area contributed by atoms with E-state index in [0.717, 1.165) is 11.1 Å². The van der Waals surface area contributed by atoms with E-state index in [1.165, 1.54) is 7.11 Å². The molecule has 0 saturated carbocycles. The van der Waals surface area contributed by atoms with Crippen LogP contribution in [0.3, 0.4) is 0 Å². The third kappa shape index (κ3) is 3.86. The average Bonchev–Trinajstić information content (AvgIpc) is 3.02. The quantitative estimate of drug-likeness (QED) is 0.841. The van der Waals surface area contributed by atoms with Crippen LogP contribution >= 0.6 is 11.3 Å². The van der Waals surface area contributed by atoms with Gasteiger partial charge in [-0.05, 0) is 47.0 Å². The highest BCUT2D eigenvalue weighted by Crippen LogP contribution is 2.25. The largest absolute Gasteiger partial charge is 0.495 e. The van der Waals surface area contributed by atoms with Crippen molar-refractivity contribution in [1.82, 2.24) is 4.72 Å². The molecule has 1 N–H and O–H groups in total. The van der Waals surface area contributed by atoms with Crippen molar-refractivity contribution < 1.29 is 17.9 Å². The monoisotopic (exact) mass is 341 g/mol. The fourth-order valence-corrected chi connectivity index (χ4v) is 4.04. The van der Waals surface area contributed by atoms with E-state index in [2.05, 4.69) is 4.72 Å². The summed E-state index contributed by atoms with van der Waals surface area (Å²) in [4.78, 5) is 0.134. The van der Waals surface area contributed by atoms with Crippen molar-refractivity contribution >= 4 is 21.4 Å². The molecule has 1 aromatic carbocycles. The van der Waals surface area contributed by atoms with E-state index in [-0.39, 0.29) is 17.5 Å². The maximum Gasteiger partial charge on any atom is 0.244 e. The van der Waals surface area contributed by atoms with Crippen LogP contribution in [0, 0.1) is 6.92 Å². The molecule has 0 aliphatic carbocycles. The Kier molecular flexibility index (Phi) is 5.57. The Morgan fingerprint density at radius 3 is 2.64 bits per heavy atom. The normalized spacial score (nSPS) is 13.0. The number of hydrogen-bond acceptors (Lipinski definition) is 5. The first kappa shape index (κ1) is 17.0. The number of nitrogens with one attached hydrogen (secondary N) is 1. The van der Waals surface area contributed by atoms with E-state index in [1.807, 2.05) is 23.8 Å². The lowest BCUT2D eigenvalue weighted by molar-refractivity contribution is 0.107. The van der Waals surface area contributed by atoms with Crippen LogP contribution < -0.4 is 9.46 Å². The number of benzene rings is 1. The van der Waals surface area contributed by atoms with Gasteiger partial charge in [0.1, 0.15) is 10.6 Å². The Labute approximate surface area is 134 Å². The van der Waals surface area contributed by atoms with Gasteiger partial charge in [-0.25, -0.2) is 13.1 Å². The van der Waals surface area contributed by atoms with Crippen molar-refractivity contribution in [2.24, 2.45) is 0 Å². The number of thiophene rings is 1. The van der Waals surface area contributed by atoms with Crippen molar-refractivity contribution in [3.63, 3.8) is 0 Å². The van der Waals surface area contributed by atoms with Crippen LogP contribution in [-0.4, -0.2) is 29.2 Å². The minimum atomic E-state index is -3.67. The summed E-state index contributed by atoms with van der Waals surface area (Å²) < 4.78 is 38.1. The molecule has 1 heterocycles. The molecule has 0 amide bonds. The Morgan fingerprint density at radius 1 is 1.27 bits per heavy atom. The first-order valence-corrected chi connectivity index (χ1v) is 9.09. The Bertz CT molecular complexity index is 711. The molecule has 0 aliphatic rings. The molecule has 0 fully saturated rings. The van der Waals surface area contributed by atoms with Crippen LogP contribution in [0.1, 0.15) is 17.2 Å². The minimum Gasteiger partial charge on any atom is -0.495 e.